The van der Waals surface area contributed by atoms with Gasteiger partial charge in [0.05, 0.1) is 6.20 Å². The molecule has 6 heteroatoms. The molecule has 0 unspecified atom stereocenters. The van der Waals surface area contributed by atoms with E-state index in [1.54, 1.807) is 4.68 Å². The largest absolute Gasteiger partial charge is 0.370 e. The van der Waals surface area contributed by atoms with E-state index < -0.39 is 0 Å². The van der Waals surface area contributed by atoms with Gasteiger partial charge >= 0.3 is 0 Å². The smallest absolute Gasteiger partial charge is 0.191 e. The van der Waals surface area contributed by atoms with Crippen molar-refractivity contribution >= 4 is 29.9 Å². The van der Waals surface area contributed by atoms with E-state index in [0.717, 1.165) is 19.5 Å². The van der Waals surface area contributed by atoms with Crippen LogP contribution in [0.1, 0.15) is 19.4 Å². The van der Waals surface area contributed by atoms with E-state index in [-0.39, 0.29) is 24.0 Å². The average molecular weight is 351 g/mol. The highest BCUT2D eigenvalue weighted by atomic mass is 127. The number of nitrogens with two attached hydrogens (primary N) is 1. The lowest BCUT2D eigenvalue weighted by Crippen LogP contribution is -2.37. The normalized spacial score (nSPS) is 11.1. The van der Waals surface area contributed by atoms with Crippen LogP contribution in [0.3, 0.4) is 0 Å². The fraction of sp³-hybridized carbons (Fsp3) is 0.636. The molecule has 0 amide bonds. The summed E-state index contributed by atoms with van der Waals surface area (Å²) < 4.78 is 1.80. The number of hydrogen-bond acceptors (Lipinski definition) is 2. The van der Waals surface area contributed by atoms with Gasteiger partial charge in [-0.05, 0) is 25.8 Å². The van der Waals surface area contributed by atoms with Gasteiger partial charge in [0.2, 0.25) is 0 Å². The van der Waals surface area contributed by atoms with Gasteiger partial charge in [0.25, 0.3) is 0 Å². The maximum Gasteiger partial charge on any atom is 0.191 e. The topological polar surface area (TPSA) is 59.4 Å². The van der Waals surface area contributed by atoms with Crippen molar-refractivity contribution in [3.8, 4) is 0 Å². The van der Waals surface area contributed by atoms with Crippen molar-refractivity contribution in [1.82, 2.24) is 14.7 Å². The van der Waals surface area contributed by atoms with Crippen LogP contribution in [0, 0.1) is 0 Å². The molecule has 5 nitrogen and oxygen atoms in total. The van der Waals surface area contributed by atoms with Gasteiger partial charge in [0.1, 0.15) is 0 Å². The van der Waals surface area contributed by atoms with Crippen molar-refractivity contribution in [2.45, 2.75) is 20.3 Å². The zero-order valence-electron chi connectivity index (χ0n) is 10.8. The molecule has 0 atom stereocenters. The highest BCUT2D eigenvalue weighted by Crippen LogP contribution is 1.98. The second-order valence-electron chi connectivity index (χ2n) is 3.68. The predicted molar refractivity (Wildman–Crippen MR) is 81.7 cm³/mol. The lowest BCUT2D eigenvalue weighted by Gasteiger charge is -2.19. The van der Waals surface area contributed by atoms with Crippen molar-refractivity contribution < 1.29 is 0 Å². The molecule has 2 N–H and O–H groups in total. The SMILES string of the molecule is CCN(CC)C(N)=NCCc1cnn(C)c1.I. The molecule has 0 aromatic carbocycles. The molecule has 0 aliphatic rings. The van der Waals surface area contributed by atoms with Gasteiger partial charge in [0.15, 0.2) is 5.96 Å². The summed E-state index contributed by atoms with van der Waals surface area (Å²) in [6.07, 6.45) is 4.75. The number of aromatic nitrogens is 2. The van der Waals surface area contributed by atoms with Crippen LogP contribution in [0.4, 0.5) is 0 Å². The molecular formula is C11H22IN5. The summed E-state index contributed by atoms with van der Waals surface area (Å²) in [6.45, 7) is 6.67. The zero-order chi connectivity index (χ0) is 12.0. The molecule has 17 heavy (non-hydrogen) atoms. The van der Waals surface area contributed by atoms with Gasteiger partial charge in [0, 0.05) is 32.9 Å². The van der Waals surface area contributed by atoms with E-state index in [0.29, 0.717) is 12.5 Å². The summed E-state index contributed by atoms with van der Waals surface area (Å²) in [7, 11) is 1.91. The van der Waals surface area contributed by atoms with Gasteiger partial charge < -0.3 is 10.6 Å². The first kappa shape index (κ1) is 16.2. The van der Waals surface area contributed by atoms with Gasteiger partial charge in [-0.2, -0.15) is 5.10 Å². The van der Waals surface area contributed by atoms with E-state index in [1.807, 2.05) is 24.3 Å². The highest BCUT2D eigenvalue weighted by molar-refractivity contribution is 14.0. The Balaban J connectivity index is 0.00000256. The van der Waals surface area contributed by atoms with Crippen LogP contribution in [0.15, 0.2) is 17.4 Å². The third kappa shape index (κ3) is 5.38. The van der Waals surface area contributed by atoms with E-state index in [2.05, 4.69) is 23.9 Å². The summed E-state index contributed by atoms with van der Waals surface area (Å²) in [5, 5.41) is 4.11. The summed E-state index contributed by atoms with van der Waals surface area (Å²) >= 11 is 0. The Kier molecular flexibility index (Phi) is 7.94. The maximum absolute atomic E-state index is 5.86. The van der Waals surface area contributed by atoms with E-state index in [9.17, 15) is 0 Å². The van der Waals surface area contributed by atoms with Crippen molar-refractivity contribution in [3.63, 3.8) is 0 Å². The monoisotopic (exact) mass is 351 g/mol. The number of aliphatic imine (C=N–C) groups is 1. The molecule has 0 saturated heterocycles. The van der Waals surface area contributed by atoms with E-state index >= 15 is 0 Å². The third-order valence-electron chi connectivity index (χ3n) is 2.52. The number of hydrogen-bond donors (Lipinski definition) is 1. The molecule has 1 heterocycles. The standard InChI is InChI=1S/C11H21N5.HI/c1-4-16(5-2)11(12)13-7-6-10-8-14-15(3)9-10;/h8-9H,4-7H2,1-3H3,(H2,12,13);1H. The average Bonchev–Trinajstić information content (AvgIpc) is 2.66. The van der Waals surface area contributed by atoms with Crippen molar-refractivity contribution in [1.29, 1.82) is 0 Å². The fourth-order valence-corrected chi connectivity index (χ4v) is 1.55. The van der Waals surface area contributed by atoms with Crippen LogP contribution in [-0.4, -0.2) is 40.3 Å². The number of rotatable bonds is 5. The number of aryl methyl sites for hydroxylation is 1. The van der Waals surface area contributed by atoms with Crippen molar-refractivity contribution in [3.05, 3.63) is 18.0 Å². The maximum atomic E-state index is 5.86. The Bertz CT molecular complexity index is 343. The molecule has 1 aromatic heterocycles. The fourth-order valence-electron chi connectivity index (χ4n) is 1.55. The van der Waals surface area contributed by atoms with E-state index in [1.165, 1.54) is 5.56 Å². The van der Waals surface area contributed by atoms with Crippen molar-refractivity contribution in [2.75, 3.05) is 19.6 Å². The molecule has 0 spiro atoms. The van der Waals surface area contributed by atoms with Crippen LogP contribution in [0.2, 0.25) is 0 Å². The van der Waals surface area contributed by atoms with Crippen LogP contribution in [0.5, 0.6) is 0 Å². The Morgan fingerprint density at radius 2 is 2.12 bits per heavy atom. The second-order valence-corrected chi connectivity index (χ2v) is 3.68. The summed E-state index contributed by atoms with van der Waals surface area (Å²) in [5.74, 6) is 0.633. The van der Waals surface area contributed by atoms with E-state index in [4.69, 9.17) is 5.73 Å². The molecule has 0 aliphatic heterocycles. The molecule has 0 fully saturated rings. The first-order chi connectivity index (χ1) is 7.67. The second kappa shape index (κ2) is 8.32. The highest BCUT2D eigenvalue weighted by Gasteiger charge is 2.01. The number of guanidine groups is 1. The molecule has 98 valence electrons. The first-order valence-corrected chi connectivity index (χ1v) is 5.69. The Hall–Kier alpha value is -0.790. The molecule has 0 aliphatic carbocycles. The minimum absolute atomic E-state index is 0. The van der Waals surface area contributed by atoms with Crippen LogP contribution >= 0.6 is 24.0 Å². The van der Waals surface area contributed by atoms with Gasteiger partial charge in [-0.15, -0.1) is 24.0 Å². The van der Waals surface area contributed by atoms with Gasteiger partial charge in [-0.3, -0.25) is 9.67 Å². The quantitative estimate of drug-likeness (QED) is 0.493. The molecule has 0 radical (unpaired) electrons. The first-order valence-electron chi connectivity index (χ1n) is 5.69. The molecule has 0 saturated carbocycles. The minimum atomic E-state index is 0. The van der Waals surface area contributed by atoms with Crippen LogP contribution < -0.4 is 5.73 Å². The lowest BCUT2D eigenvalue weighted by molar-refractivity contribution is 0.458. The summed E-state index contributed by atoms with van der Waals surface area (Å²) in [5.41, 5.74) is 7.06. The number of nitrogens with zero attached hydrogens (tertiary/aromatic N) is 4. The zero-order valence-corrected chi connectivity index (χ0v) is 13.1. The van der Waals surface area contributed by atoms with Crippen LogP contribution in [0.25, 0.3) is 0 Å². The molecule has 1 aromatic rings. The third-order valence-corrected chi connectivity index (χ3v) is 2.52. The summed E-state index contributed by atoms with van der Waals surface area (Å²) in [6, 6.07) is 0. The lowest BCUT2D eigenvalue weighted by atomic mass is 10.3. The van der Waals surface area contributed by atoms with Gasteiger partial charge in [-0.25, -0.2) is 0 Å². The molecule has 0 bridgehead atoms. The molecular weight excluding hydrogens is 329 g/mol. The Labute approximate surface area is 120 Å². The van der Waals surface area contributed by atoms with Gasteiger partial charge in [-0.1, -0.05) is 0 Å². The van der Waals surface area contributed by atoms with Crippen molar-refractivity contribution in [2.24, 2.45) is 17.8 Å². The Morgan fingerprint density at radius 3 is 2.59 bits per heavy atom. The minimum Gasteiger partial charge on any atom is -0.370 e. The predicted octanol–water partition coefficient (Wildman–Crippen LogP) is 1.24. The number of halogens is 1. The Morgan fingerprint density at radius 1 is 1.47 bits per heavy atom. The molecule has 1 rings (SSSR count). The van der Waals surface area contributed by atoms with Crippen LogP contribution in [-0.2, 0) is 13.5 Å². The summed E-state index contributed by atoms with van der Waals surface area (Å²) in [4.78, 5) is 6.40.